The number of hydrogen-bond donors (Lipinski definition) is 2. The van der Waals surface area contributed by atoms with Crippen molar-refractivity contribution in [1.29, 1.82) is 0 Å². The molecule has 11 nitrogen and oxygen atoms in total. The van der Waals surface area contributed by atoms with Gasteiger partial charge in [0.25, 0.3) is 11.8 Å². The van der Waals surface area contributed by atoms with Crippen LogP contribution >= 0.6 is 0 Å². The van der Waals surface area contributed by atoms with Crippen LogP contribution in [0.5, 0.6) is 0 Å². The van der Waals surface area contributed by atoms with E-state index in [0.717, 1.165) is 11.8 Å². The van der Waals surface area contributed by atoms with Crippen molar-refractivity contribution in [1.82, 2.24) is 24.8 Å². The summed E-state index contributed by atoms with van der Waals surface area (Å²) in [5, 5.41) is 0. The third-order valence-corrected chi connectivity index (χ3v) is 7.14. The molecule has 4 aromatic rings. The summed E-state index contributed by atoms with van der Waals surface area (Å²) in [6.07, 6.45) is 3.71. The van der Waals surface area contributed by atoms with Crippen molar-refractivity contribution in [3.63, 3.8) is 0 Å². The summed E-state index contributed by atoms with van der Waals surface area (Å²) in [5.41, 5.74) is 8.33. The summed E-state index contributed by atoms with van der Waals surface area (Å²) in [5.74, 6) is 0.379. The number of carbonyl (C=O) groups excluding carboxylic acids is 2. The number of carbonyl (C=O) groups is 2. The van der Waals surface area contributed by atoms with Gasteiger partial charge in [-0.25, -0.2) is 23.4 Å². The smallest absolute Gasteiger partial charge is 0.253 e. The van der Waals surface area contributed by atoms with Crippen molar-refractivity contribution in [2.45, 2.75) is 4.90 Å². The van der Waals surface area contributed by atoms with Crippen molar-refractivity contribution in [3.8, 4) is 11.4 Å². The summed E-state index contributed by atoms with van der Waals surface area (Å²) >= 11 is 0. The Balaban J connectivity index is 1.25. The molecule has 36 heavy (non-hydrogen) atoms. The number of rotatable bonds is 5. The van der Waals surface area contributed by atoms with Gasteiger partial charge in [-0.3, -0.25) is 9.59 Å². The highest BCUT2D eigenvalue weighted by atomic mass is 32.2. The van der Waals surface area contributed by atoms with E-state index in [1.54, 1.807) is 29.2 Å². The zero-order chi connectivity index (χ0) is 25.4. The molecule has 12 heteroatoms. The number of aromatic nitrogens is 4. The van der Waals surface area contributed by atoms with Crippen molar-refractivity contribution in [3.05, 3.63) is 66.0 Å². The van der Waals surface area contributed by atoms with Crippen molar-refractivity contribution in [2.24, 2.45) is 5.73 Å². The van der Waals surface area contributed by atoms with Gasteiger partial charge in [0, 0.05) is 43.6 Å². The highest BCUT2D eigenvalue weighted by molar-refractivity contribution is 7.90. The van der Waals surface area contributed by atoms with E-state index in [0.29, 0.717) is 60.1 Å². The minimum Gasteiger partial charge on any atom is -0.366 e. The van der Waals surface area contributed by atoms with Crippen molar-refractivity contribution in [2.75, 3.05) is 37.3 Å². The normalized spacial score (nSPS) is 14.2. The van der Waals surface area contributed by atoms with Crippen LogP contribution in [0.3, 0.4) is 0 Å². The second kappa shape index (κ2) is 9.04. The minimum absolute atomic E-state index is 0.0690. The Kier molecular flexibility index (Phi) is 5.88. The predicted octanol–water partition coefficient (Wildman–Crippen LogP) is 1.48. The van der Waals surface area contributed by atoms with Crippen LogP contribution in [0.2, 0.25) is 0 Å². The van der Waals surface area contributed by atoms with Crippen molar-refractivity contribution < 1.29 is 18.0 Å². The van der Waals surface area contributed by atoms with E-state index in [1.165, 1.54) is 12.4 Å². The number of nitrogens with zero attached hydrogens (tertiary/aromatic N) is 5. The summed E-state index contributed by atoms with van der Waals surface area (Å²) < 4.78 is 23.2. The summed E-state index contributed by atoms with van der Waals surface area (Å²) in [6, 6.07) is 12.3. The van der Waals surface area contributed by atoms with Crippen LogP contribution in [0, 0.1) is 0 Å². The van der Waals surface area contributed by atoms with Gasteiger partial charge < -0.3 is 20.5 Å². The average Bonchev–Trinajstić information content (AvgIpc) is 3.32. The number of piperazine rings is 1. The number of benzene rings is 2. The number of para-hydroxylation sites is 1. The topological polar surface area (TPSA) is 155 Å². The van der Waals surface area contributed by atoms with Gasteiger partial charge in [0.05, 0.1) is 23.5 Å². The number of anilines is 1. The number of nitrogens with one attached hydrogen (secondary N) is 1. The standard InChI is InChI=1S/C24H23N7O4S/c1-36(34,35)17-13-26-24(27-14-17)31-11-9-30(10-12-31)23(33)16-7-5-15(6-8-16)22-28-19-4-2-3-18(21(25)32)20(19)29-22/h2-8,13-14H,9-12H2,1H3,(H2,25,32)(H,28,29). The zero-order valence-electron chi connectivity index (χ0n) is 19.4. The molecule has 3 heterocycles. The Labute approximate surface area is 206 Å². The molecule has 3 N–H and O–H groups in total. The van der Waals surface area contributed by atoms with E-state index in [-0.39, 0.29) is 10.8 Å². The largest absolute Gasteiger partial charge is 0.366 e. The first-order chi connectivity index (χ1) is 17.2. The van der Waals surface area contributed by atoms with E-state index in [9.17, 15) is 18.0 Å². The molecule has 0 spiro atoms. The maximum atomic E-state index is 13.0. The van der Waals surface area contributed by atoms with Gasteiger partial charge >= 0.3 is 0 Å². The molecule has 0 saturated carbocycles. The van der Waals surface area contributed by atoms with Crippen LogP contribution in [-0.2, 0) is 9.84 Å². The lowest BCUT2D eigenvalue weighted by atomic mass is 10.1. The molecule has 0 bridgehead atoms. The number of fused-ring (bicyclic) bond motifs is 1. The molecular weight excluding hydrogens is 482 g/mol. The van der Waals surface area contributed by atoms with E-state index < -0.39 is 15.7 Å². The first-order valence-corrected chi connectivity index (χ1v) is 13.0. The lowest BCUT2D eigenvalue weighted by molar-refractivity contribution is 0.0746. The Morgan fingerprint density at radius 1 is 0.972 bits per heavy atom. The number of primary amides is 1. The van der Waals surface area contributed by atoms with E-state index >= 15 is 0 Å². The number of H-pyrrole nitrogens is 1. The van der Waals surface area contributed by atoms with Crippen LogP contribution in [0.1, 0.15) is 20.7 Å². The van der Waals surface area contributed by atoms with Crippen LogP contribution in [0.4, 0.5) is 5.95 Å². The Morgan fingerprint density at radius 3 is 2.25 bits per heavy atom. The zero-order valence-corrected chi connectivity index (χ0v) is 20.2. The first-order valence-electron chi connectivity index (χ1n) is 11.2. The molecule has 0 atom stereocenters. The van der Waals surface area contributed by atoms with Gasteiger partial charge in [0.1, 0.15) is 16.2 Å². The number of nitrogens with two attached hydrogens (primary N) is 1. The van der Waals surface area contributed by atoms with E-state index in [2.05, 4.69) is 19.9 Å². The maximum absolute atomic E-state index is 13.0. The summed E-state index contributed by atoms with van der Waals surface area (Å²) in [6.45, 7) is 2.03. The summed E-state index contributed by atoms with van der Waals surface area (Å²) in [7, 11) is -3.36. The lowest BCUT2D eigenvalue weighted by Gasteiger charge is -2.34. The van der Waals surface area contributed by atoms with Gasteiger partial charge in [0.2, 0.25) is 5.95 Å². The molecule has 5 rings (SSSR count). The summed E-state index contributed by atoms with van der Waals surface area (Å²) in [4.78, 5) is 44.5. The molecule has 1 fully saturated rings. The number of aromatic amines is 1. The average molecular weight is 506 g/mol. The van der Waals surface area contributed by atoms with Gasteiger partial charge in [0.15, 0.2) is 9.84 Å². The Bertz CT molecular complexity index is 1560. The molecule has 1 saturated heterocycles. The fourth-order valence-electron chi connectivity index (χ4n) is 4.09. The second-order valence-corrected chi connectivity index (χ2v) is 10.5. The fourth-order valence-corrected chi connectivity index (χ4v) is 4.58. The Morgan fingerprint density at radius 2 is 1.64 bits per heavy atom. The molecular formula is C24H23N7O4S. The van der Waals surface area contributed by atoms with Crippen LogP contribution < -0.4 is 10.6 Å². The molecule has 184 valence electrons. The third kappa shape index (κ3) is 4.50. The fraction of sp³-hybridized carbons (Fsp3) is 0.208. The van der Waals surface area contributed by atoms with E-state index in [1.807, 2.05) is 23.1 Å². The van der Waals surface area contributed by atoms with Gasteiger partial charge in [-0.15, -0.1) is 0 Å². The molecule has 0 radical (unpaired) electrons. The Hall–Kier alpha value is -4.32. The molecule has 0 aliphatic carbocycles. The van der Waals surface area contributed by atoms with Gasteiger partial charge in [-0.05, 0) is 24.3 Å². The van der Waals surface area contributed by atoms with Gasteiger partial charge in [-0.1, -0.05) is 18.2 Å². The van der Waals surface area contributed by atoms with Crippen LogP contribution in [-0.4, -0.2) is 77.5 Å². The third-order valence-electron chi connectivity index (χ3n) is 6.08. The SMILES string of the molecule is CS(=O)(=O)c1cnc(N2CCN(C(=O)c3ccc(-c4nc5c(C(N)=O)cccc5[nH]4)cc3)CC2)nc1. The quantitative estimate of drug-likeness (QED) is 0.413. The number of sulfone groups is 1. The first kappa shape index (κ1) is 23.4. The van der Waals surface area contributed by atoms with Crippen molar-refractivity contribution >= 4 is 38.6 Å². The number of amides is 2. The van der Waals surface area contributed by atoms with Crippen LogP contribution in [0.25, 0.3) is 22.4 Å². The molecule has 2 aromatic heterocycles. The minimum atomic E-state index is -3.36. The number of imidazole rings is 1. The monoisotopic (exact) mass is 505 g/mol. The molecule has 1 aliphatic heterocycles. The van der Waals surface area contributed by atoms with E-state index in [4.69, 9.17) is 5.73 Å². The second-order valence-electron chi connectivity index (χ2n) is 8.50. The van der Waals surface area contributed by atoms with Gasteiger partial charge in [-0.2, -0.15) is 0 Å². The predicted molar refractivity (Wildman–Crippen MR) is 133 cm³/mol. The highest BCUT2D eigenvalue weighted by Crippen LogP contribution is 2.24. The van der Waals surface area contributed by atoms with Crippen LogP contribution in [0.15, 0.2) is 59.8 Å². The lowest BCUT2D eigenvalue weighted by Crippen LogP contribution is -2.49. The molecule has 0 unspecified atom stereocenters. The molecule has 2 amide bonds. The maximum Gasteiger partial charge on any atom is 0.253 e. The molecule has 1 aliphatic rings. The molecule has 2 aromatic carbocycles. The highest BCUT2D eigenvalue weighted by Gasteiger charge is 2.24. The number of hydrogen-bond acceptors (Lipinski definition) is 8.